The van der Waals surface area contributed by atoms with Crippen LogP contribution in [-0.2, 0) is 12.7 Å². The average molecular weight is 297 g/mol. The Morgan fingerprint density at radius 2 is 2.05 bits per heavy atom. The van der Waals surface area contributed by atoms with Crippen molar-refractivity contribution < 1.29 is 13.2 Å². The zero-order chi connectivity index (χ0) is 15.5. The number of imidazole rings is 1. The molecular formula is C15H18F3N3. The van der Waals surface area contributed by atoms with Crippen molar-refractivity contribution in [2.75, 3.05) is 5.32 Å². The lowest BCUT2D eigenvalue weighted by Gasteiger charge is -2.11. The van der Waals surface area contributed by atoms with Gasteiger partial charge in [0.2, 0.25) is 5.95 Å². The van der Waals surface area contributed by atoms with Gasteiger partial charge in [-0.05, 0) is 31.5 Å². The number of anilines is 2. The number of hydrogen-bond donors (Lipinski definition) is 1. The van der Waals surface area contributed by atoms with Gasteiger partial charge in [0.15, 0.2) is 0 Å². The van der Waals surface area contributed by atoms with Gasteiger partial charge in [-0.1, -0.05) is 19.4 Å². The molecule has 0 spiro atoms. The minimum Gasteiger partial charge on any atom is -0.326 e. The first-order chi connectivity index (χ1) is 9.90. The summed E-state index contributed by atoms with van der Waals surface area (Å²) in [5, 5.41) is 2.97. The molecule has 21 heavy (non-hydrogen) atoms. The van der Waals surface area contributed by atoms with Crippen LogP contribution in [-0.4, -0.2) is 9.55 Å². The first-order valence-corrected chi connectivity index (χ1v) is 6.88. The van der Waals surface area contributed by atoms with Crippen LogP contribution in [0.25, 0.3) is 0 Å². The molecule has 1 aromatic carbocycles. The third-order valence-corrected chi connectivity index (χ3v) is 3.10. The van der Waals surface area contributed by atoms with Crippen LogP contribution in [0.3, 0.4) is 0 Å². The summed E-state index contributed by atoms with van der Waals surface area (Å²) in [6.45, 7) is 4.74. The molecule has 0 fully saturated rings. The third-order valence-electron chi connectivity index (χ3n) is 3.10. The van der Waals surface area contributed by atoms with Gasteiger partial charge in [-0.3, -0.25) is 0 Å². The van der Waals surface area contributed by atoms with Gasteiger partial charge >= 0.3 is 6.18 Å². The van der Waals surface area contributed by atoms with Gasteiger partial charge in [0.1, 0.15) is 0 Å². The van der Waals surface area contributed by atoms with E-state index in [-0.39, 0.29) is 0 Å². The van der Waals surface area contributed by atoms with Crippen LogP contribution in [0.2, 0.25) is 0 Å². The maximum atomic E-state index is 12.7. The number of hydrogen-bond acceptors (Lipinski definition) is 2. The van der Waals surface area contributed by atoms with Crippen molar-refractivity contribution in [1.82, 2.24) is 9.55 Å². The number of aryl methyl sites for hydroxylation is 2. The monoisotopic (exact) mass is 297 g/mol. The lowest BCUT2D eigenvalue weighted by Crippen LogP contribution is -2.07. The van der Waals surface area contributed by atoms with Crippen LogP contribution in [0.15, 0.2) is 30.5 Å². The minimum atomic E-state index is -4.34. The van der Waals surface area contributed by atoms with Crippen molar-refractivity contribution >= 4 is 11.6 Å². The number of halogens is 3. The van der Waals surface area contributed by atoms with Gasteiger partial charge in [-0.2, -0.15) is 13.2 Å². The molecule has 6 heteroatoms. The van der Waals surface area contributed by atoms with E-state index in [4.69, 9.17) is 0 Å². The smallest absolute Gasteiger partial charge is 0.326 e. The topological polar surface area (TPSA) is 29.9 Å². The molecule has 1 heterocycles. The average Bonchev–Trinajstić information content (AvgIpc) is 2.76. The van der Waals surface area contributed by atoms with Crippen LogP contribution in [0.1, 0.15) is 31.0 Å². The molecule has 0 aliphatic rings. The molecule has 1 N–H and O–H groups in total. The maximum Gasteiger partial charge on any atom is 0.416 e. The van der Waals surface area contributed by atoms with Gasteiger partial charge in [0.05, 0.1) is 11.3 Å². The Bertz CT molecular complexity index is 602. The van der Waals surface area contributed by atoms with E-state index in [2.05, 4.69) is 17.2 Å². The van der Waals surface area contributed by atoms with Gasteiger partial charge in [-0.15, -0.1) is 0 Å². The Kier molecular flexibility index (Phi) is 4.55. The quantitative estimate of drug-likeness (QED) is 0.862. The van der Waals surface area contributed by atoms with Gasteiger partial charge < -0.3 is 9.88 Å². The molecule has 1 aromatic heterocycles. The van der Waals surface area contributed by atoms with Crippen molar-refractivity contribution in [1.29, 1.82) is 0 Å². The first-order valence-electron chi connectivity index (χ1n) is 6.88. The fourth-order valence-electron chi connectivity index (χ4n) is 2.05. The van der Waals surface area contributed by atoms with Crippen LogP contribution in [0.5, 0.6) is 0 Å². The maximum absolute atomic E-state index is 12.7. The van der Waals surface area contributed by atoms with E-state index in [0.29, 0.717) is 11.6 Å². The predicted molar refractivity (Wildman–Crippen MR) is 76.6 cm³/mol. The largest absolute Gasteiger partial charge is 0.416 e. The molecule has 0 atom stereocenters. The number of benzene rings is 1. The van der Waals surface area contributed by atoms with Crippen molar-refractivity contribution in [3.05, 3.63) is 41.7 Å². The molecule has 114 valence electrons. The molecule has 0 saturated heterocycles. The van der Waals surface area contributed by atoms with E-state index in [1.807, 2.05) is 17.7 Å². The number of aromatic nitrogens is 2. The predicted octanol–water partition coefficient (Wildman–Crippen LogP) is 4.75. The molecule has 0 radical (unpaired) electrons. The van der Waals surface area contributed by atoms with Crippen molar-refractivity contribution in [2.45, 2.75) is 39.4 Å². The summed E-state index contributed by atoms with van der Waals surface area (Å²) in [6.07, 6.45) is -0.413. The van der Waals surface area contributed by atoms with Crippen molar-refractivity contribution in [3.63, 3.8) is 0 Å². The van der Waals surface area contributed by atoms with Gasteiger partial charge in [-0.25, -0.2) is 4.98 Å². The summed E-state index contributed by atoms with van der Waals surface area (Å²) in [6, 6.07) is 5.13. The standard InChI is InChI=1S/C15H18F3N3/c1-3-4-8-21-10-11(2)19-14(21)20-13-7-5-6-12(9-13)15(16,17)18/h5-7,9-10H,3-4,8H2,1-2H3,(H,19,20). The summed E-state index contributed by atoms with van der Waals surface area (Å²) in [4.78, 5) is 4.32. The number of nitrogens with one attached hydrogen (secondary N) is 1. The fourth-order valence-corrected chi connectivity index (χ4v) is 2.05. The highest BCUT2D eigenvalue weighted by Gasteiger charge is 2.30. The summed E-state index contributed by atoms with van der Waals surface area (Å²) in [7, 11) is 0. The molecule has 0 bridgehead atoms. The first kappa shape index (κ1) is 15.4. The van der Waals surface area contributed by atoms with E-state index >= 15 is 0 Å². The van der Waals surface area contributed by atoms with Crippen molar-refractivity contribution in [2.24, 2.45) is 0 Å². The summed E-state index contributed by atoms with van der Waals surface area (Å²) in [5.74, 6) is 0.570. The SMILES string of the molecule is CCCCn1cc(C)nc1Nc1cccc(C(F)(F)F)c1. The fraction of sp³-hybridized carbons (Fsp3) is 0.400. The Balaban J connectivity index is 2.22. The highest BCUT2D eigenvalue weighted by atomic mass is 19.4. The lowest BCUT2D eigenvalue weighted by atomic mass is 10.2. The highest BCUT2D eigenvalue weighted by Crippen LogP contribution is 2.31. The molecular weight excluding hydrogens is 279 g/mol. The van der Waals surface area contributed by atoms with Crippen LogP contribution >= 0.6 is 0 Å². The molecule has 0 aliphatic heterocycles. The highest BCUT2D eigenvalue weighted by molar-refractivity contribution is 5.55. The molecule has 0 unspecified atom stereocenters. The molecule has 0 saturated carbocycles. The zero-order valence-electron chi connectivity index (χ0n) is 12.0. The lowest BCUT2D eigenvalue weighted by molar-refractivity contribution is -0.137. The summed E-state index contributed by atoms with van der Waals surface area (Å²) >= 11 is 0. The molecule has 0 amide bonds. The second-order valence-electron chi connectivity index (χ2n) is 4.96. The Hall–Kier alpha value is -1.98. The van der Waals surface area contributed by atoms with Gasteiger partial charge in [0.25, 0.3) is 0 Å². The van der Waals surface area contributed by atoms with Crippen LogP contribution < -0.4 is 5.32 Å². The third kappa shape index (κ3) is 4.00. The second-order valence-corrected chi connectivity index (χ2v) is 4.96. The van der Waals surface area contributed by atoms with Gasteiger partial charge in [0, 0.05) is 18.4 Å². The van der Waals surface area contributed by atoms with E-state index < -0.39 is 11.7 Å². The molecule has 2 rings (SSSR count). The molecule has 0 aliphatic carbocycles. The molecule has 3 nitrogen and oxygen atoms in total. The van der Waals surface area contributed by atoms with E-state index in [1.165, 1.54) is 6.07 Å². The van der Waals surface area contributed by atoms with E-state index in [9.17, 15) is 13.2 Å². The Labute approximate surface area is 121 Å². The van der Waals surface area contributed by atoms with Crippen molar-refractivity contribution in [3.8, 4) is 0 Å². The number of rotatable bonds is 5. The number of nitrogens with zero attached hydrogens (tertiary/aromatic N) is 2. The van der Waals surface area contributed by atoms with Crippen LogP contribution in [0.4, 0.5) is 24.8 Å². The van der Waals surface area contributed by atoms with E-state index in [1.54, 1.807) is 6.07 Å². The summed E-state index contributed by atoms with van der Waals surface area (Å²) < 4.78 is 40.1. The number of alkyl halides is 3. The molecule has 2 aromatic rings. The zero-order valence-corrected chi connectivity index (χ0v) is 12.0. The normalized spacial score (nSPS) is 11.7. The minimum absolute atomic E-state index is 0.383. The van der Waals surface area contributed by atoms with Crippen LogP contribution in [0, 0.1) is 6.92 Å². The Morgan fingerprint density at radius 1 is 1.29 bits per heavy atom. The number of unbranched alkanes of at least 4 members (excludes halogenated alkanes) is 1. The van der Waals surface area contributed by atoms with E-state index in [0.717, 1.165) is 37.2 Å². The summed E-state index contributed by atoms with van der Waals surface area (Å²) in [5.41, 5.74) is 0.546. The Morgan fingerprint density at radius 3 is 2.71 bits per heavy atom. The second kappa shape index (κ2) is 6.20.